The maximum absolute atomic E-state index is 12.5. The smallest absolute Gasteiger partial charge is 0.387 e. The zero-order chi connectivity index (χ0) is 21.7. The fourth-order valence-corrected chi connectivity index (χ4v) is 2.47. The number of anilines is 1. The summed E-state index contributed by atoms with van der Waals surface area (Å²) in [5.74, 6) is 0.0964. The molecule has 0 radical (unpaired) electrons. The Bertz CT molecular complexity index is 1040. The highest BCUT2D eigenvalue weighted by atomic mass is 19.3. The van der Waals surface area contributed by atoms with Gasteiger partial charge in [0.25, 0.3) is 11.6 Å². The van der Waals surface area contributed by atoms with Crippen molar-refractivity contribution in [3.05, 3.63) is 75.7 Å². The van der Waals surface area contributed by atoms with Gasteiger partial charge in [0.05, 0.1) is 10.5 Å². The highest BCUT2D eigenvalue weighted by Gasteiger charge is 2.21. The predicted octanol–water partition coefficient (Wildman–Crippen LogP) is 4.32. The Morgan fingerprint density at radius 3 is 2.40 bits per heavy atom. The molecule has 0 fully saturated rings. The normalized spacial score (nSPS) is 10.7. The number of aryl methyl sites for hydroxylation is 1. The molecule has 11 heteroatoms. The maximum Gasteiger partial charge on any atom is 0.387 e. The van der Waals surface area contributed by atoms with Crippen LogP contribution in [0.15, 0.2) is 53.1 Å². The number of nitrogens with one attached hydrogen (secondary N) is 1. The van der Waals surface area contributed by atoms with Gasteiger partial charge < -0.3 is 19.3 Å². The molecule has 0 bridgehead atoms. The number of non-ortho nitro benzene ring substituents is 1. The lowest BCUT2D eigenvalue weighted by atomic mass is 10.2. The minimum atomic E-state index is -2.94. The molecule has 3 aromatic rings. The number of halogens is 2. The van der Waals surface area contributed by atoms with Crippen LogP contribution in [0.1, 0.15) is 21.8 Å². The van der Waals surface area contributed by atoms with Gasteiger partial charge >= 0.3 is 6.61 Å². The average Bonchev–Trinajstić information content (AvgIpc) is 3.08. The average molecular weight is 419 g/mol. The molecule has 1 aromatic heterocycles. The number of aromatic nitrogens is 1. The maximum atomic E-state index is 12.5. The number of rotatable bonds is 8. The largest absolute Gasteiger partial charge is 0.489 e. The highest BCUT2D eigenvalue weighted by molar-refractivity contribution is 6.03. The van der Waals surface area contributed by atoms with Crippen molar-refractivity contribution in [2.75, 3.05) is 5.32 Å². The number of carbonyl (C=O) groups excluding carboxylic acids is 1. The molecule has 9 nitrogen and oxygen atoms in total. The first-order chi connectivity index (χ1) is 14.3. The van der Waals surface area contributed by atoms with Gasteiger partial charge in [0.1, 0.15) is 23.9 Å². The molecule has 2 aromatic carbocycles. The lowest BCUT2D eigenvalue weighted by Gasteiger charge is -2.08. The van der Waals surface area contributed by atoms with Gasteiger partial charge in [-0.25, -0.2) is 0 Å². The van der Waals surface area contributed by atoms with Crippen LogP contribution in [0.2, 0.25) is 0 Å². The highest BCUT2D eigenvalue weighted by Crippen LogP contribution is 2.22. The number of hydrogen-bond acceptors (Lipinski definition) is 7. The molecule has 30 heavy (non-hydrogen) atoms. The van der Waals surface area contributed by atoms with E-state index in [9.17, 15) is 23.7 Å². The van der Waals surface area contributed by atoms with Crippen LogP contribution in [-0.2, 0) is 6.61 Å². The van der Waals surface area contributed by atoms with Crippen LogP contribution < -0.4 is 14.8 Å². The number of carbonyl (C=O) groups is 1. The molecule has 0 atom stereocenters. The molecular weight excluding hydrogens is 404 g/mol. The van der Waals surface area contributed by atoms with E-state index in [-0.39, 0.29) is 23.7 Å². The van der Waals surface area contributed by atoms with Crippen LogP contribution in [0.5, 0.6) is 11.5 Å². The first-order valence-electron chi connectivity index (χ1n) is 8.52. The van der Waals surface area contributed by atoms with Crippen LogP contribution in [0.3, 0.4) is 0 Å². The molecule has 1 N–H and O–H groups in total. The Hall–Kier alpha value is -4.02. The summed E-state index contributed by atoms with van der Waals surface area (Å²) in [5.41, 5.74) is 0.642. The predicted molar refractivity (Wildman–Crippen MR) is 99.7 cm³/mol. The van der Waals surface area contributed by atoms with E-state index in [0.29, 0.717) is 22.8 Å². The Balaban J connectivity index is 1.67. The molecule has 3 rings (SSSR count). The third-order valence-electron chi connectivity index (χ3n) is 3.97. The van der Waals surface area contributed by atoms with E-state index in [4.69, 9.17) is 9.26 Å². The minimum Gasteiger partial charge on any atom is -0.489 e. The van der Waals surface area contributed by atoms with Crippen molar-refractivity contribution in [1.82, 2.24) is 5.16 Å². The zero-order valence-corrected chi connectivity index (χ0v) is 15.5. The molecule has 0 spiro atoms. The summed E-state index contributed by atoms with van der Waals surface area (Å²) in [6.07, 6.45) is 0. The van der Waals surface area contributed by atoms with Crippen molar-refractivity contribution in [1.29, 1.82) is 0 Å². The first kappa shape index (κ1) is 20.7. The van der Waals surface area contributed by atoms with E-state index in [0.717, 1.165) is 0 Å². The summed E-state index contributed by atoms with van der Waals surface area (Å²) in [4.78, 5) is 22.7. The van der Waals surface area contributed by atoms with E-state index in [1.54, 1.807) is 6.92 Å². The van der Waals surface area contributed by atoms with E-state index in [1.165, 1.54) is 48.5 Å². The minimum absolute atomic E-state index is 0.0117. The third kappa shape index (κ3) is 5.07. The summed E-state index contributed by atoms with van der Waals surface area (Å²) >= 11 is 0. The third-order valence-corrected chi connectivity index (χ3v) is 3.97. The van der Waals surface area contributed by atoms with Gasteiger partial charge in [0, 0.05) is 17.8 Å². The van der Waals surface area contributed by atoms with E-state index in [1.807, 2.05) is 0 Å². The number of benzene rings is 2. The second-order valence-corrected chi connectivity index (χ2v) is 5.96. The van der Waals surface area contributed by atoms with E-state index < -0.39 is 17.4 Å². The van der Waals surface area contributed by atoms with Crippen LogP contribution in [0.25, 0.3) is 0 Å². The van der Waals surface area contributed by atoms with Gasteiger partial charge in [-0.1, -0.05) is 5.16 Å². The summed E-state index contributed by atoms with van der Waals surface area (Å²) in [5, 5.41) is 17.0. The van der Waals surface area contributed by atoms with Gasteiger partial charge in [0.15, 0.2) is 5.69 Å². The topological polar surface area (TPSA) is 117 Å². The first-order valence-corrected chi connectivity index (χ1v) is 8.52. The van der Waals surface area contributed by atoms with Gasteiger partial charge in [-0.2, -0.15) is 8.78 Å². The number of alkyl halides is 2. The molecular formula is C19H15F2N3O6. The summed E-state index contributed by atoms with van der Waals surface area (Å²) in [6.45, 7) is -1.40. The van der Waals surface area contributed by atoms with Gasteiger partial charge in [-0.3, -0.25) is 14.9 Å². The van der Waals surface area contributed by atoms with Crippen LogP contribution in [0.4, 0.5) is 20.2 Å². The van der Waals surface area contributed by atoms with Crippen LogP contribution in [0, 0.1) is 17.0 Å². The molecule has 1 amide bonds. The second kappa shape index (κ2) is 8.99. The second-order valence-electron chi connectivity index (χ2n) is 5.96. The van der Waals surface area contributed by atoms with E-state index >= 15 is 0 Å². The molecule has 0 aliphatic heterocycles. The molecule has 0 aliphatic carbocycles. The molecule has 156 valence electrons. The monoisotopic (exact) mass is 419 g/mol. The Morgan fingerprint density at radius 1 is 1.17 bits per heavy atom. The van der Waals surface area contributed by atoms with Crippen molar-refractivity contribution < 1.29 is 32.5 Å². The zero-order valence-electron chi connectivity index (χ0n) is 15.5. The number of ether oxygens (including phenoxy) is 2. The molecule has 0 saturated heterocycles. The molecule has 0 aliphatic rings. The number of nitro benzene ring substituents is 1. The van der Waals surface area contributed by atoms with Crippen molar-refractivity contribution in [3.8, 4) is 11.5 Å². The van der Waals surface area contributed by atoms with Gasteiger partial charge in [0.2, 0.25) is 0 Å². The number of hydrogen-bond donors (Lipinski definition) is 1. The van der Waals surface area contributed by atoms with Gasteiger partial charge in [-0.05, 0) is 43.3 Å². The van der Waals surface area contributed by atoms with Crippen molar-refractivity contribution in [2.45, 2.75) is 20.1 Å². The lowest BCUT2D eigenvalue weighted by molar-refractivity contribution is -0.384. The Kier molecular flexibility index (Phi) is 6.20. The van der Waals surface area contributed by atoms with E-state index in [2.05, 4.69) is 15.2 Å². The number of amides is 1. The fourth-order valence-electron chi connectivity index (χ4n) is 2.47. The number of nitro groups is 1. The summed E-state index contributed by atoms with van der Waals surface area (Å²) < 4.78 is 39.3. The van der Waals surface area contributed by atoms with Crippen molar-refractivity contribution in [2.24, 2.45) is 0 Å². The lowest BCUT2D eigenvalue weighted by Crippen LogP contribution is -2.15. The summed E-state index contributed by atoms with van der Waals surface area (Å²) in [7, 11) is 0. The van der Waals surface area contributed by atoms with Gasteiger partial charge in [-0.15, -0.1) is 0 Å². The fraction of sp³-hybridized carbons (Fsp3) is 0.158. The number of nitrogens with zero attached hydrogens (tertiary/aromatic N) is 2. The van der Waals surface area contributed by atoms with Crippen LogP contribution >= 0.6 is 0 Å². The van der Waals surface area contributed by atoms with Crippen molar-refractivity contribution in [3.63, 3.8) is 0 Å². The summed E-state index contributed by atoms with van der Waals surface area (Å²) in [6, 6.07) is 10.8. The standard InChI is InChI=1S/C19H15F2N3O6/c1-11-16(10-28-14-8-4-13(5-9-14)24(26)27)17(23-30-11)18(25)22-12-2-6-15(7-3-12)29-19(20)21/h2-9,19H,10H2,1H3,(H,22,25). The quantitative estimate of drug-likeness (QED) is 0.427. The van der Waals surface area contributed by atoms with Crippen molar-refractivity contribution >= 4 is 17.3 Å². The molecule has 1 heterocycles. The molecule has 0 unspecified atom stereocenters. The molecule has 0 saturated carbocycles. The Morgan fingerprint density at radius 2 is 1.80 bits per heavy atom. The Labute approximate surface area is 168 Å². The van der Waals surface area contributed by atoms with Crippen LogP contribution in [-0.4, -0.2) is 22.6 Å². The SMILES string of the molecule is Cc1onc(C(=O)Nc2ccc(OC(F)F)cc2)c1COc1ccc([N+](=O)[O-])cc1.